The zero-order valence-corrected chi connectivity index (χ0v) is 21.5. The lowest BCUT2D eigenvalue weighted by molar-refractivity contribution is -0.0149. The minimum atomic E-state index is -0.141. The summed E-state index contributed by atoms with van der Waals surface area (Å²) in [6, 6.07) is 8.41. The first-order valence-corrected chi connectivity index (χ1v) is 10.6. The highest BCUT2D eigenvalue weighted by molar-refractivity contribution is 14.0. The number of nitrogens with zero attached hydrogens (tertiary/aromatic N) is 1. The predicted molar refractivity (Wildman–Crippen MR) is 134 cm³/mol. The Hall–Kier alpha value is -0.860. The van der Waals surface area contributed by atoms with E-state index in [1.54, 1.807) is 0 Å². The molecule has 3 N–H and O–H groups in total. The molecule has 1 aromatic carbocycles. The van der Waals surface area contributed by atoms with Crippen LogP contribution in [0, 0.1) is 11.8 Å². The van der Waals surface area contributed by atoms with Crippen molar-refractivity contribution < 1.29 is 9.84 Å². The lowest BCUT2D eigenvalue weighted by Gasteiger charge is -2.20. The van der Waals surface area contributed by atoms with Crippen LogP contribution in [-0.2, 0) is 17.9 Å². The van der Waals surface area contributed by atoms with Gasteiger partial charge in [0.25, 0.3) is 0 Å². The number of aliphatic hydroxyl groups excluding tert-OH is 1. The van der Waals surface area contributed by atoms with Crippen LogP contribution < -0.4 is 10.6 Å². The highest BCUT2D eigenvalue weighted by Gasteiger charge is 2.12. The van der Waals surface area contributed by atoms with Crippen molar-refractivity contribution in [3.05, 3.63) is 35.4 Å². The maximum Gasteiger partial charge on any atom is 0.191 e. The van der Waals surface area contributed by atoms with Crippen LogP contribution in [0.1, 0.15) is 65.5 Å². The molecule has 29 heavy (non-hydrogen) atoms. The van der Waals surface area contributed by atoms with Crippen LogP contribution in [0.25, 0.3) is 0 Å². The number of hydrogen-bond donors (Lipinski definition) is 3. The number of nitrogens with one attached hydrogen (secondary N) is 2. The molecule has 0 aliphatic rings. The van der Waals surface area contributed by atoms with Crippen molar-refractivity contribution in [1.29, 1.82) is 0 Å². The Morgan fingerprint density at radius 2 is 1.86 bits per heavy atom. The molecule has 0 heterocycles. The average Bonchev–Trinajstić information content (AvgIpc) is 2.61. The van der Waals surface area contributed by atoms with Gasteiger partial charge in [0, 0.05) is 19.7 Å². The third-order valence-corrected chi connectivity index (χ3v) is 4.33. The van der Waals surface area contributed by atoms with Gasteiger partial charge in [-0.2, -0.15) is 0 Å². The van der Waals surface area contributed by atoms with Crippen LogP contribution in [-0.4, -0.2) is 36.4 Å². The molecule has 1 unspecified atom stereocenters. The molecule has 1 aromatic rings. The summed E-state index contributed by atoms with van der Waals surface area (Å²) in [6.45, 7) is 15.8. The Labute approximate surface area is 195 Å². The first kappa shape index (κ1) is 28.1. The van der Waals surface area contributed by atoms with Crippen LogP contribution in [0.3, 0.4) is 0 Å². The third-order valence-electron chi connectivity index (χ3n) is 4.33. The van der Waals surface area contributed by atoms with E-state index >= 15 is 0 Å². The summed E-state index contributed by atoms with van der Waals surface area (Å²) in [4.78, 5) is 4.74. The van der Waals surface area contributed by atoms with Crippen molar-refractivity contribution in [2.75, 3.05) is 19.7 Å². The molecule has 0 saturated heterocycles. The van der Waals surface area contributed by atoms with Gasteiger partial charge in [-0.1, -0.05) is 38.1 Å². The van der Waals surface area contributed by atoms with Crippen molar-refractivity contribution in [3.63, 3.8) is 0 Å². The Bertz CT molecular complexity index is 586. The normalized spacial score (nSPS) is 13.2. The number of ether oxygens (including phenoxy) is 1. The number of guanidine groups is 1. The Kier molecular flexibility index (Phi) is 14.6. The van der Waals surface area contributed by atoms with Crippen molar-refractivity contribution in [3.8, 4) is 0 Å². The smallest absolute Gasteiger partial charge is 0.191 e. The van der Waals surface area contributed by atoms with Gasteiger partial charge in [0.1, 0.15) is 0 Å². The molecular formula is C23H42IN3O2. The molecule has 0 aliphatic carbocycles. The summed E-state index contributed by atoms with van der Waals surface area (Å²) >= 11 is 0. The molecule has 0 aromatic heterocycles. The summed E-state index contributed by atoms with van der Waals surface area (Å²) < 4.78 is 5.87. The summed E-state index contributed by atoms with van der Waals surface area (Å²) in [5.74, 6) is 1.90. The van der Waals surface area contributed by atoms with E-state index in [1.165, 1.54) is 11.1 Å². The van der Waals surface area contributed by atoms with E-state index in [2.05, 4.69) is 76.4 Å². The Balaban J connectivity index is 0.00000784. The van der Waals surface area contributed by atoms with Crippen molar-refractivity contribution >= 4 is 29.9 Å². The summed E-state index contributed by atoms with van der Waals surface area (Å²) in [6.07, 6.45) is 1.92. The second kappa shape index (κ2) is 15.0. The molecule has 1 rings (SSSR count). The van der Waals surface area contributed by atoms with Gasteiger partial charge >= 0.3 is 0 Å². The van der Waals surface area contributed by atoms with Gasteiger partial charge in [0.05, 0.1) is 18.8 Å². The van der Waals surface area contributed by atoms with E-state index in [0.717, 1.165) is 31.9 Å². The van der Waals surface area contributed by atoms with E-state index in [0.29, 0.717) is 25.0 Å². The second-order valence-corrected chi connectivity index (χ2v) is 8.80. The van der Waals surface area contributed by atoms with E-state index in [9.17, 15) is 5.11 Å². The monoisotopic (exact) mass is 519 g/mol. The SMILES string of the molecule is CCNC(=NCc1cccc(COC(C)(C)C)c1)NCC(CCO)CC(C)C.I. The topological polar surface area (TPSA) is 65.9 Å². The summed E-state index contributed by atoms with van der Waals surface area (Å²) in [5.41, 5.74) is 2.19. The predicted octanol–water partition coefficient (Wildman–Crippen LogP) is 4.72. The molecule has 0 saturated carbocycles. The maximum atomic E-state index is 9.31. The Morgan fingerprint density at radius 1 is 1.17 bits per heavy atom. The lowest BCUT2D eigenvalue weighted by atomic mass is 9.94. The first-order chi connectivity index (χ1) is 13.2. The highest BCUT2D eigenvalue weighted by Crippen LogP contribution is 2.15. The minimum absolute atomic E-state index is 0. The first-order valence-electron chi connectivity index (χ1n) is 10.6. The number of hydrogen-bond acceptors (Lipinski definition) is 3. The molecule has 5 nitrogen and oxygen atoms in total. The number of benzene rings is 1. The second-order valence-electron chi connectivity index (χ2n) is 8.80. The van der Waals surface area contributed by atoms with E-state index in [1.807, 2.05) is 0 Å². The molecule has 0 amide bonds. The van der Waals surface area contributed by atoms with Crippen LogP contribution >= 0.6 is 24.0 Å². The van der Waals surface area contributed by atoms with Crippen LogP contribution in [0.4, 0.5) is 0 Å². The van der Waals surface area contributed by atoms with Crippen LogP contribution in [0.2, 0.25) is 0 Å². The van der Waals surface area contributed by atoms with E-state index in [-0.39, 0.29) is 36.2 Å². The van der Waals surface area contributed by atoms with Gasteiger partial charge in [0.15, 0.2) is 5.96 Å². The molecular weight excluding hydrogens is 477 g/mol. The number of rotatable bonds is 11. The fraction of sp³-hybridized carbons (Fsp3) is 0.696. The fourth-order valence-corrected chi connectivity index (χ4v) is 3.02. The van der Waals surface area contributed by atoms with Gasteiger partial charge in [-0.25, -0.2) is 4.99 Å². The molecule has 0 aliphatic heterocycles. The van der Waals surface area contributed by atoms with Crippen molar-refractivity contribution in [2.45, 2.75) is 73.1 Å². The molecule has 168 valence electrons. The van der Waals surface area contributed by atoms with Gasteiger partial charge in [-0.05, 0) is 63.5 Å². The maximum absolute atomic E-state index is 9.31. The van der Waals surface area contributed by atoms with Gasteiger partial charge in [-0.15, -0.1) is 24.0 Å². The molecule has 0 radical (unpaired) electrons. The molecule has 0 spiro atoms. The Morgan fingerprint density at radius 3 is 2.45 bits per heavy atom. The zero-order valence-electron chi connectivity index (χ0n) is 19.1. The van der Waals surface area contributed by atoms with Crippen LogP contribution in [0.5, 0.6) is 0 Å². The fourth-order valence-electron chi connectivity index (χ4n) is 3.02. The molecule has 1 atom stereocenters. The largest absolute Gasteiger partial charge is 0.396 e. The van der Waals surface area contributed by atoms with Crippen molar-refractivity contribution in [1.82, 2.24) is 10.6 Å². The molecule has 6 heteroatoms. The molecule has 0 bridgehead atoms. The minimum Gasteiger partial charge on any atom is -0.396 e. The van der Waals surface area contributed by atoms with E-state index in [4.69, 9.17) is 9.73 Å². The number of aliphatic imine (C=N–C) groups is 1. The number of aliphatic hydroxyl groups is 1. The standard InChI is InChI=1S/C23H41N3O2.HI/c1-7-24-22(26-16-20(11-12-27)13-18(2)3)25-15-19-9-8-10-21(14-19)17-28-23(4,5)6;/h8-10,14,18,20,27H,7,11-13,15-17H2,1-6H3,(H2,24,25,26);1H. The highest BCUT2D eigenvalue weighted by atomic mass is 127. The molecule has 0 fully saturated rings. The van der Waals surface area contributed by atoms with Gasteiger partial charge < -0.3 is 20.5 Å². The lowest BCUT2D eigenvalue weighted by Crippen LogP contribution is -2.40. The summed E-state index contributed by atoms with van der Waals surface area (Å²) in [7, 11) is 0. The quantitative estimate of drug-likeness (QED) is 0.225. The number of halogens is 1. The third kappa shape index (κ3) is 13.9. The zero-order chi connectivity index (χ0) is 21.0. The van der Waals surface area contributed by atoms with Gasteiger partial charge in [-0.3, -0.25) is 0 Å². The van der Waals surface area contributed by atoms with E-state index < -0.39 is 0 Å². The van der Waals surface area contributed by atoms with Crippen LogP contribution in [0.15, 0.2) is 29.3 Å². The van der Waals surface area contributed by atoms with Crippen molar-refractivity contribution in [2.24, 2.45) is 16.8 Å². The van der Waals surface area contributed by atoms with Gasteiger partial charge in [0.2, 0.25) is 0 Å². The average molecular weight is 520 g/mol. The summed E-state index contributed by atoms with van der Waals surface area (Å²) in [5, 5.41) is 16.1.